The molecule has 0 radical (unpaired) electrons. The van der Waals surface area contributed by atoms with E-state index in [2.05, 4.69) is 10.6 Å². The first kappa shape index (κ1) is 17.1. The van der Waals surface area contributed by atoms with Crippen molar-refractivity contribution < 1.29 is 9.53 Å². The van der Waals surface area contributed by atoms with Crippen molar-refractivity contribution in [2.75, 3.05) is 33.9 Å². The number of amides is 1. The minimum absolute atomic E-state index is 0. The lowest BCUT2D eigenvalue weighted by atomic mass is 10.2. The highest BCUT2D eigenvalue weighted by molar-refractivity contribution is 5.85. The molecule has 0 aliphatic rings. The Hall–Kier alpha value is -0.320. The van der Waals surface area contributed by atoms with Crippen LogP contribution in [0.3, 0.4) is 0 Å². The van der Waals surface area contributed by atoms with Crippen LogP contribution in [0.2, 0.25) is 0 Å². The highest BCUT2D eigenvalue weighted by Crippen LogP contribution is 1.89. The van der Waals surface area contributed by atoms with Gasteiger partial charge in [0.15, 0.2) is 0 Å². The molecule has 0 unspecified atom stereocenters. The summed E-state index contributed by atoms with van der Waals surface area (Å²) in [5.41, 5.74) is 0. The zero-order valence-electron chi connectivity index (χ0n) is 9.67. The van der Waals surface area contributed by atoms with Gasteiger partial charge >= 0.3 is 0 Å². The van der Waals surface area contributed by atoms with Crippen LogP contribution in [-0.4, -0.2) is 39.8 Å². The summed E-state index contributed by atoms with van der Waals surface area (Å²) in [5.74, 6) is 0.151. The van der Waals surface area contributed by atoms with Crippen LogP contribution in [0.5, 0.6) is 0 Å². The number of methoxy groups -OCH3 is 1. The summed E-state index contributed by atoms with van der Waals surface area (Å²) in [6, 6.07) is 0. The van der Waals surface area contributed by atoms with Crippen LogP contribution in [0.4, 0.5) is 0 Å². The molecular weight excluding hydrogens is 216 g/mol. The van der Waals surface area contributed by atoms with Crippen molar-refractivity contribution in [2.45, 2.75) is 25.7 Å². The first-order valence-electron chi connectivity index (χ1n) is 5.21. The summed E-state index contributed by atoms with van der Waals surface area (Å²) in [4.78, 5) is 11.2. The number of unbranched alkanes of at least 4 members (excludes halogenated alkanes) is 1. The van der Waals surface area contributed by atoms with Crippen LogP contribution < -0.4 is 10.6 Å². The molecule has 0 aromatic heterocycles. The van der Waals surface area contributed by atoms with E-state index in [0.717, 1.165) is 39.0 Å². The average molecular weight is 239 g/mol. The number of hydrogen-bond acceptors (Lipinski definition) is 3. The molecule has 0 rings (SSSR count). The van der Waals surface area contributed by atoms with Crippen LogP contribution in [0.15, 0.2) is 0 Å². The van der Waals surface area contributed by atoms with E-state index < -0.39 is 0 Å². The fraction of sp³-hybridized carbons (Fsp3) is 0.900. The van der Waals surface area contributed by atoms with E-state index in [9.17, 15) is 4.79 Å². The summed E-state index contributed by atoms with van der Waals surface area (Å²) in [6.07, 6.45) is 3.52. The van der Waals surface area contributed by atoms with Gasteiger partial charge in [-0.3, -0.25) is 4.79 Å². The Morgan fingerprint density at radius 1 is 1.20 bits per heavy atom. The minimum atomic E-state index is 0. The molecule has 0 aromatic rings. The van der Waals surface area contributed by atoms with Gasteiger partial charge in [-0.2, -0.15) is 0 Å². The molecule has 1 amide bonds. The molecule has 92 valence electrons. The molecule has 0 aliphatic heterocycles. The van der Waals surface area contributed by atoms with Crippen molar-refractivity contribution in [2.24, 2.45) is 0 Å². The number of nitrogens with one attached hydrogen (secondary N) is 2. The summed E-state index contributed by atoms with van der Waals surface area (Å²) in [7, 11) is 3.58. The predicted molar refractivity (Wildman–Crippen MR) is 64.5 cm³/mol. The zero-order valence-corrected chi connectivity index (χ0v) is 10.5. The van der Waals surface area contributed by atoms with E-state index in [-0.39, 0.29) is 18.3 Å². The van der Waals surface area contributed by atoms with Gasteiger partial charge in [0.05, 0.1) is 0 Å². The Labute approximate surface area is 98.6 Å². The molecule has 0 spiro atoms. The van der Waals surface area contributed by atoms with Gasteiger partial charge < -0.3 is 15.4 Å². The van der Waals surface area contributed by atoms with Gasteiger partial charge in [-0.1, -0.05) is 0 Å². The van der Waals surface area contributed by atoms with Crippen LogP contribution in [0.1, 0.15) is 25.7 Å². The smallest absolute Gasteiger partial charge is 0.220 e. The SMILES string of the molecule is CNCCCC(=O)NCCCCOC.Cl. The Morgan fingerprint density at radius 2 is 1.93 bits per heavy atom. The first-order chi connectivity index (χ1) is 6.81. The van der Waals surface area contributed by atoms with Crippen molar-refractivity contribution in [3.05, 3.63) is 0 Å². The van der Waals surface area contributed by atoms with Crippen molar-refractivity contribution in [1.82, 2.24) is 10.6 Å². The number of hydrogen-bond donors (Lipinski definition) is 2. The molecule has 2 N–H and O–H groups in total. The number of carbonyl (C=O) groups excluding carboxylic acids is 1. The summed E-state index contributed by atoms with van der Waals surface area (Å²) < 4.78 is 4.91. The van der Waals surface area contributed by atoms with Crippen molar-refractivity contribution >= 4 is 18.3 Å². The molecule has 0 heterocycles. The highest BCUT2D eigenvalue weighted by atomic mass is 35.5. The molecule has 0 aliphatic carbocycles. The number of rotatable bonds is 9. The second-order valence-corrected chi connectivity index (χ2v) is 3.26. The maximum absolute atomic E-state index is 11.2. The topological polar surface area (TPSA) is 50.4 Å². The van der Waals surface area contributed by atoms with Crippen molar-refractivity contribution in [1.29, 1.82) is 0 Å². The maximum Gasteiger partial charge on any atom is 0.220 e. The lowest BCUT2D eigenvalue weighted by molar-refractivity contribution is -0.121. The van der Waals surface area contributed by atoms with Crippen LogP contribution in [0, 0.1) is 0 Å². The lowest BCUT2D eigenvalue weighted by Crippen LogP contribution is -2.25. The van der Waals surface area contributed by atoms with Gasteiger partial charge in [0.25, 0.3) is 0 Å². The standard InChI is InChI=1S/C10H22N2O2.ClH/c1-11-7-5-6-10(13)12-8-3-4-9-14-2;/h11H,3-9H2,1-2H3,(H,12,13);1H. The maximum atomic E-state index is 11.2. The van der Waals surface area contributed by atoms with E-state index in [0.29, 0.717) is 6.42 Å². The van der Waals surface area contributed by atoms with E-state index in [1.54, 1.807) is 7.11 Å². The number of carbonyl (C=O) groups is 1. The predicted octanol–water partition coefficient (Wildman–Crippen LogP) is 0.951. The molecule has 0 fully saturated rings. The van der Waals surface area contributed by atoms with Gasteiger partial charge in [-0.05, 0) is 32.9 Å². The van der Waals surface area contributed by atoms with Gasteiger partial charge in [0.1, 0.15) is 0 Å². The van der Waals surface area contributed by atoms with Crippen LogP contribution >= 0.6 is 12.4 Å². The van der Waals surface area contributed by atoms with E-state index >= 15 is 0 Å². The van der Waals surface area contributed by atoms with Gasteiger partial charge in [0.2, 0.25) is 5.91 Å². The second-order valence-electron chi connectivity index (χ2n) is 3.26. The molecule has 15 heavy (non-hydrogen) atoms. The van der Waals surface area contributed by atoms with Gasteiger partial charge in [0, 0.05) is 26.7 Å². The number of halogens is 1. The van der Waals surface area contributed by atoms with Gasteiger partial charge in [-0.25, -0.2) is 0 Å². The third-order valence-corrected chi connectivity index (χ3v) is 1.93. The summed E-state index contributed by atoms with van der Waals surface area (Å²) in [6.45, 7) is 2.44. The molecule has 0 saturated heterocycles. The van der Waals surface area contributed by atoms with Crippen molar-refractivity contribution in [3.8, 4) is 0 Å². The molecule has 5 heteroatoms. The van der Waals surface area contributed by atoms with Gasteiger partial charge in [-0.15, -0.1) is 12.4 Å². The normalized spacial score (nSPS) is 9.47. The fourth-order valence-electron chi connectivity index (χ4n) is 1.11. The van der Waals surface area contributed by atoms with E-state index in [1.807, 2.05) is 7.05 Å². The third kappa shape index (κ3) is 13.7. The summed E-state index contributed by atoms with van der Waals surface area (Å²) in [5, 5.41) is 5.89. The van der Waals surface area contributed by atoms with Crippen LogP contribution in [0.25, 0.3) is 0 Å². The van der Waals surface area contributed by atoms with Crippen LogP contribution in [-0.2, 0) is 9.53 Å². The van der Waals surface area contributed by atoms with E-state index in [1.165, 1.54) is 0 Å². The molecule has 0 saturated carbocycles. The Morgan fingerprint density at radius 3 is 2.53 bits per heavy atom. The largest absolute Gasteiger partial charge is 0.385 e. The Balaban J connectivity index is 0. The number of ether oxygens (including phenoxy) is 1. The lowest BCUT2D eigenvalue weighted by Gasteiger charge is -2.04. The zero-order chi connectivity index (χ0) is 10.6. The quantitative estimate of drug-likeness (QED) is 0.588. The van der Waals surface area contributed by atoms with E-state index in [4.69, 9.17) is 4.74 Å². The monoisotopic (exact) mass is 238 g/mol. The minimum Gasteiger partial charge on any atom is -0.385 e. The van der Waals surface area contributed by atoms with Crippen molar-refractivity contribution in [3.63, 3.8) is 0 Å². The molecular formula is C10H23ClN2O2. The fourth-order valence-corrected chi connectivity index (χ4v) is 1.11. The molecule has 4 nitrogen and oxygen atoms in total. The molecule has 0 atom stereocenters. The molecule has 0 bridgehead atoms. The Bertz CT molecular complexity index is 145. The molecule has 0 aromatic carbocycles. The highest BCUT2D eigenvalue weighted by Gasteiger charge is 1.98. The Kier molecular flexibility index (Phi) is 15.6. The second kappa shape index (κ2) is 13.7. The third-order valence-electron chi connectivity index (χ3n) is 1.93. The first-order valence-corrected chi connectivity index (χ1v) is 5.21. The summed E-state index contributed by atoms with van der Waals surface area (Å²) >= 11 is 0. The average Bonchev–Trinajstić information content (AvgIpc) is 2.18.